The van der Waals surface area contributed by atoms with Gasteiger partial charge >= 0.3 is 0 Å². The standard InChI is InChI=1S/C21H23N3O2/c1-23(13-12-16-14-22-24(2)15-16)21(25)18-10-8-17(9-11-18)19-6-4-5-7-20(19)26-3/h4-11,14-15H,12-13H2,1-3H3. The van der Waals surface area contributed by atoms with Crippen molar-refractivity contribution in [1.82, 2.24) is 14.7 Å². The Balaban J connectivity index is 1.68. The monoisotopic (exact) mass is 349 g/mol. The van der Waals surface area contributed by atoms with E-state index in [0.29, 0.717) is 12.1 Å². The molecule has 0 atom stereocenters. The molecular formula is C21H23N3O2. The van der Waals surface area contributed by atoms with Gasteiger partial charge in [0.05, 0.1) is 13.3 Å². The zero-order valence-electron chi connectivity index (χ0n) is 15.3. The summed E-state index contributed by atoms with van der Waals surface area (Å²) in [6.07, 6.45) is 4.59. The number of likely N-dealkylation sites (N-methyl/N-ethyl adjacent to an activating group) is 1. The summed E-state index contributed by atoms with van der Waals surface area (Å²) in [5.74, 6) is 0.834. The highest BCUT2D eigenvalue weighted by Gasteiger charge is 2.13. The lowest BCUT2D eigenvalue weighted by Gasteiger charge is -2.17. The molecule has 0 bridgehead atoms. The zero-order chi connectivity index (χ0) is 18.5. The second-order valence-corrected chi connectivity index (χ2v) is 6.28. The summed E-state index contributed by atoms with van der Waals surface area (Å²) in [5.41, 5.74) is 3.84. The lowest BCUT2D eigenvalue weighted by molar-refractivity contribution is 0.0796. The zero-order valence-corrected chi connectivity index (χ0v) is 15.3. The van der Waals surface area contributed by atoms with Gasteiger partial charge in [0.25, 0.3) is 5.91 Å². The van der Waals surface area contributed by atoms with Crippen LogP contribution in [0, 0.1) is 0 Å². The first-order valence-electron chi connectivity index (χ1n) is 8.55. The summed E-state index contributed by atoms with van der Waals surface area (Å²) in [5, 5.41) is 4.15. The Morgan fingerprint density at radius 3 is 2.54 bits per heavy atom. The quantitative estimate of drug-likeness (QED) is 0.685. The van der Waals surface area contributed by atoms with Crippen LogP contribution in [0.3, 0.4) is 0 Å². The van der Waals surface area contributed by atoms with Crippen LogP contribution in [0.2, 0.25) is 0 Å². The summed E-state index contributed by atoms with van der Waals surface area (Å²) < 4.78 is 7.18. The van der Waals surface area contributed by atoms with Crippen molar-refractivity contribution >= 4 is 5.91 Å². The van der Waals surface area contributed by atoms with Gasteiger partial charge in [-0.05, 0) is 35.7 Å². The van der Waals surface area contributed by atoms with E-state index in [0.717, 1.165) is 28.9 Å². The molecule has 3 rings (SSSR count). The molecule has 0 saturated heterocycles. The Kier molecular flexibility index (Phi) is 5.37. The summed E-state index contributed by atoms with van der Waals surface area (Å²) >= 11 is 0. The Morgan fingerprint density at radius 2 is 1.88 bits per heavy atom. The Bertz CT molecular complexity index is 884. The predicted molar refractivity (Wildman–Crippen MR) is 102 cm³/mol. The van der Waals surface area contributed by atoms with Crippen LogP contribution in [-0.4, -0.2) is 41.3 Å². The van der Waals surface area contributed by atoms with Gasteiger partial charge in [0.2, 0.25) is 0 Å². The van der Waals surface area contributed by atoms with Crippen molar-refractivity contribution in [1.29, 1.82) is 0 Å². The molecule has 0 radical (unpaired) electrons. The maximum absolute atomic E-state index is 12.6. The molecule has 0 N–H and O–H groups in total. The summed E-state index contributed by atoms with van der Waals surface area (Å²) in [7, 11) is 5.38. The molecule has 0 fully saturated rings. The van der Waals surface area contributed by atoms with Crippen LogP contribution >= 0.6 is 0 Å². The molecule has 134 valence electrons. The molecule has 0 spiro atoms. The molecule has 2 aromatic carbocycles. The van der Waals surface area contributed by atoms with E-state index in [1.165, 1.54) is 0 Å². The lowest BCUT2D eigenvalue weighted by atomic mass is 10.0. The topological polar surface area (TPSA) is 47.4 Å². The number of para-hydroxylation sites is 1. The number of aryl methyl sites for hydroxylation is 1. The molecule has 1 aromatic heterocycles. The van der Waals surface area contributed by atoms with Crippen LogP contribution in [0.25, 0.3) is 11.1 Å². The SMILES string of the molecule is COc1ccccc1-c1ccc(C(=O)N(C)CCc2cnn(C)c2)cc1. The maximum Gasteiger partial charge on any atom is 0.253 e. The van der Waals surface area contributed by atoms with E-state index in [4.69, 9.17) is 4.74 Å². The van der Waals surface area contributed by atoms with Crippen molar-refractivity contribution in [2.75, 3.05) is 20.7 Å². The first-order valence-corrected chi connectivity index (χ1v) is 8.55. The molecule has 26 heavy (non-hydrogen) atoms. The smallest absolute Gasteiger partial charge is 0.253 e. The van der Waals surface area contributed by atoms with Crippen LogP contribution in [0.1, 0.15) is 15.9 Å². The number of rotatable bonds is 6. The van der Waals surface area contributed by atoms with E-state index < -0.39 is 0 Å². The molecule has 3 aromatic rings. The third-order valence-electron chi connectivity index (χ3n) is 4.39. The van der Waals surface area contributed by atoms with Gasteiger partial charge in [0, 0.05) is 38.0 Å². The number of hydrogen-bond donors (Lipinski definition) is 0. The average Bonchev–Trinajstić information content (AvgIpc) is 3.11. The third-order valence-corrected chi connectivity index (χ3v) is 4.39. The molecule has 0 aliphatic heterocycles. The van der Waals surface area contributed by atoms with E-state index in [1.807, 2.05) is 75.0 Å². The molecular weight excluding hydrogens is 326 g/mol. The van der Waals surface area contributed by atoms with Gasteiger partial charge in [-0.25, -0.2) is 0 Å². The van der Waals surface area contributed by atoms with Gasteiger partial charge in [-0.3, -0.25) is 9.48 Å². The van der Waals surface area contributed by atoms with Crippen LogP contribution < -0.4 is 4.74 Å². The van der Waals surface area contributed by atoms with E-state index in [-0.39, 0.29) is 5.91 Å². The van der Waals surface area contributed by atoms with Crippen molar-refractivity contribution < 1.29 is 9.53 Å². The van der Waals surface area contributed by atoms with Gasteiger partial charge in [-0.2, -0.15) is 5.10 Å². The highest BCUT2D eigenvalue weighted by molar-refractivity contribution is 5.94. The number of aromatic nitrogens is 2. The predicted octanol–water partition coefficient (Wildman–Crippen LogP) is 3.41. The van der Waals surface area contributed by atoms with Gasteiger partial charge in [-0.15, -0.1) is 0 Å². The number of amides is 1. The van der Waals surface area contributed by atoms with Gasteiger partial charge in [0.1, 0.15) is 5.75 Å². The van der Waals surface area contributed by atoms with Crippen molar-refractivity contribution in [3.05, 3.63) is 72.1 Å². The van der Waals surface area contributed by atoms with E-state index in [2.05, 4.69) is 5.10 Å². The van der Waals surface area contributed by atoms with Crippen LogP contribution in [0.5, 0.6) is 5.75 Å². The number of methoxy groups -OCH3 is 1. The van der Waals surface area contributed by atoms with E-state index in [1.54, 1.807) is 16.7 Å². The van der Waals surface area contributed by atoms with Gasteiger partial charge in [0.15, 0.2) is 0 Å². The molecule has 0 unspecified atom stereocenters. The molecule has 0 aliphatic carbocycles. The second-order valence-electron chi connectivity index (χ2n) is 6.28. The normalized spacial score (nSPS) is 10.6. The Labute approximate surface area is 153 Å². The van der Waals surface area contributed by atoms with Crippen LogP contribution in [0.15, 0.2) is 60.9 Å². The van der Waals surface area contributed by atoms with Crippen molar-refractivity contribution in [2.24, 2.45) is 7.05 Å². The van der Waals surface area contributed by atoms with Crippen LogP contribution in [0.4, 0.5) is 0 Å². The fourth-order valence-electron chi connectivity index (χ4n) is 2.90. The van der Waals surface area contributed by atoms with E-state index >= 15 is 0 Å². The molecule has 1 amide bonds. The summed E-state index contributed by atoms with van der Waals surface area (Å²) in [6, 6.07) is 15.5. The number of ether oxygens (including phenoxy) is 1. The first-order chi connectivity index (χ1) is 12.6. The maximum atomic E-state index is 12.6. The Morgan fingerprint density at radius 1 is 1.15 bits per heavy atom. The summed E-state index contributed by atoms with van der Waals surface area (Å²) in [6.45, 7) is 0.652. The van der Waals surface area contributed by atoms with Crippen LogP contribution in [-0.2, 0) is 13.5 Å². The van der Waals surface area contributed by atoms with Gasteiger partial charge in [-0.1, -0.05) is 30.3 Å². The van der Waals surface area contributed by atoms with Crippen molar-refractivity contribution in [3.8, 4) is 16.9 Å². The fraction of sp³-hybridized carbons (Fsp3) is 0.238. The minimum absolute atomic E-state index is 0.0143. The Hall–Kier alpha value is -3.08. The fourth-order valence-corrected chi connectivity index (χ4v) is 2.90. The first kappa shape index (κ1) is 17.7. The minimum Gasteiger partial charge on any atom is -0.496 e. The largest absolute Gasteiger partial charge is 0.496 e. The number of carbonyl (C=O) groups is 1. The number of nitrogens with zero attached hydrogens (tertiary/aromatic N) is 3. The van der Waals surface area contributed by atoms with E-state index in [9.17, 15) is 4.79 Å². The number of hydrogen-bond acceptors (Lipinski definition) is 3. The highest BCUT2D eigenvalue weighted by atomic mass is 16.5. The average molecular weight is 349 g/mol. The van der Waals surface area contributed by atoms with Crippen molar-refractivity contribution in [3.63, 3.8) is 0 Å². The number of benzene rings is 2. The second kappa shape index (κ2) is 7.87. The number of carbonyl (C=O) groups excluding carboxylic acids is 1. The lowest BCUT2D eigenvalue weighted by Crippen LogP contribution is -2.28. The third kappa shape index (κ3) is 3.94. The minimum atomic E-state index is 0.0143. The molecule has 1 heterocycles. The molecule has 5 nitrogen and oxygen atoms in total. The highest BCUT2D eigenvalue weighted by Crippen LogP contribution is 2.29. The molecule has 0 aliphatic rings. The van der Waals surface area contributed by atoms with Gasteiger partial charge < -0.3 is 9.64 Å². The molecule has 0 saturated carbocycles. The van der Waals surface area contributed by atoms with Crippen molar-refractivity contribution in [2.45, 2.75) is 6.42 Å². The summed E-state index contributed by atoms with van der Waals surface area (Å²) in [4.78, 5) is 14.4. The molecule has 5 heteroatoms.